The smallest absolute Gasteiger partial charge is 0.284 e. The molecule has 0 N–H and O–H groups in total. The molecule has 17 heavy (non-hydrogen) atoms. The SMILES string of the molecule is O=C(c1cc(F)cc(C2CCC2)c1)C(F)(F)F. The zero-order valence-corrected chi connectivity index (χ0v) is 8.85. The summed E-state index contributed by atoms with van der Waals surface area (Å²) in [6, 6.07) is 3.00. The molecule has 0 aliphatic heterocycles. The molecular formula is C12H10F4O. The molecule has 1 aromatic rings. The Morgan fingerprint density at radius 2 is 1.82 bits per heavy atom. The van der Waals surface area contributed by atoms with E-state index in [1.165, 1.54) is 6.07 Å². The van der Waals surface area contributed by atoms with E-state index in [4.69, 9.17) is 0 Å². The maximum atomic E-state index is 13.2. The van der Waals surface area contributed by atoms with E-state index in [-0.39, 0.29) is 5.92 Å². The van der Waals surface area contributed by atoms with Crippen molar-refractivity contribution in [3.8, 4) is 0 Å². The molecule has 0 saturated heterocycles. The highest BCUT2D eigenvalue weighted by Crippen LogP contribution is 2.37. The number of Topliss-reactive ketones (excluding diaryl/α,β-unsaturated/α-hetero) is 1. The van der Waals surface area contributed by atoms with Gasteiger partial charge in [-0.05, 0) is 42.5 Å². The Hall–Kier alpha value is -1.39. The molecule has 5 heteroatoms. The molecular weight excluding hydrogens is 236 g/mol. The molecule has 0 heterocycles. The lowest BCUT2D eigenvalue weighted by molar-refractivity contribution is -0.0885. The molecule has 1 aromatic carbocycles. The first-order valence-corrected chi connectivity index (χ1v) is 5.30. The van der Waals surface area contributed by atoms with Crippen molar-refractivity contribution >= 4 is 5.78 Å². The standard InChI is InChI=1S/C12H10F4O/c13-10-5-8(7-2-1-3-7)4-9(6-10)11(17)12(14,15)16/h4-7H,1-3H2. The summed E-state index contributed by atoms with van der Waals surface area (Å²) in [5.41, 5.74) is -0.122. The zero-order valence-electron chi connectivity index (χ0n) is 8.85. The molecule has 0 spiro atoms. The van der Waals surface area contributed by atoms with Crippen LogP contribution in [0.15, 0.2) is 18.2 Å². The van der Waals surface area contributed by atoms with Crippen molar-refractivity contribution in [1.29, 1.82) is 0 Å². The number of alkyl halides is 3. The van der Waals surface area contributed by atoms with Crippen LogP contribution in [-0.2, 0) is 0 Å². The van der Waals surface area contributed by atoms with Gasteiger partial charge in [0, 0.05) is 5.56 Å². The summed E-state index contributed by atoms with van der Waals surface area (Å²) in [4.78, 5) is 11.0. The van der Waals surface area contributed by atoms with E-state index in [0.717, 1.165) is 25.3 Å². The minimum Gasteiger partial charge on any atom is -0.284 e. The second-order valence-electron chi connectivity index (χ2n) is 4.23. The van der Waals surface area contributed by atoms with Gasteiger partial charge in [-0.1, -0.05) is 6.42 Å². The van der Waals surface area contributed by atoms with Gasteiger partial charge in [0.2, 0.25) is 0 Å². The minimum atomic E-state index is -4.95. The maximum Gasteiger partial charge on any atom is 0.454 e. The van der Waals surface area contributed by atoms with Crippen LogP contribution in [0.4, 0.5) is 17.6 Å². The van der Waals surface area contributed by atoms with Crippen LogP contribution >= 0.6 is 0 Å². The Bertz CT molecular complexity index is 446. The summed E-state index contributed by atoms with van der Waals surface area (Å²) in [6.07, 6.45) is -2.29. The van der Waals surface area contributed by atoms with Gasteiger partial charge in [0.05, 0.1) is 0 Å². The Labute approximate surface area is 95.4 Å². The summed E-state index contributed by atoms with van der Waals surface area (Å²) in [5.74, 6) is -2.69. The molecule has 1 aliphatic rings. The van der Waals surface area contributed by atoms with Crippen molar-refractivity contribution in [3.63, 3.8) is 0 Å². The van der Waals surface area contributed by atoms with Gasteiger partial charge in [0.15, 0.2) is 0 Å². The van der Waals surface area contributed by atoms with Gasteiger partial charge >= 0.3 is 6.18 Å². The Morgan fingerprint density at radius 3 is 2.29 bits per heavy atom. The fourth-order valence-electron chi connectivity index (χ4n) is 1.88. The van der Waals surface area contributed by atoms with Crippen LogP contribution < -0.4 is 0 Å². The molecule has 1 fully saturated rings. The number of carbonyl (C=O) groups excluding carboxylic acids is 1. The topological polar surface area (TPSA) is 17.1 Å². The monoisotopic (exact) mass is 246 g/mol. The van der Waals surface area contributed by atoms with Crippen molar-refractivity contribution in [2.75, 3.05) is 0 Å². The highest BCUT2D eigenvalue weighted by atomic mass is 19.4. The van der Waals surface area contributed by atoms with Gasteiger partial charge in [-0.25, -0.2) is 4.39 Å². The summed E-state index contributed by atoms with van der Waals surface area (Å²) in [5, 5.41) is 0. The van der Waals surface area contributed by atoms with Gasteiger partial charge < -0.3 is 0 Å². The number of rotatable bonds is 2. The first-order valence-electron chi connectivity index (χ1n) is 5.30. The molecule has 0 bridgehead atoms. The van der Waals surface area contributed by atoms with E-state index >= 15 is 0 Å². The average molecular weight is 246 g/mol. The number of halogens is 4. The molecule has 0 aromatic heterocycles. The summed E-state index contributed by atoms with van der Waals surface area (Å²) >= 11 is 0. The highest BCUT2D eigenvalue weighted by molar-refractivity contribution is 6.00. The first kappa shape index (κ1) is 12.1. The largest absolute Gasteiger partial charge is 0.454 e. The highest BCUT2D eigenvalue weighted by Gasteiger charge is 2.39. The van der Waals surface area contributed by atoms with Gasteiger partial charge in [0.1, 0.15) is 5.82 Å². The molecule has 0 radical (unpaired) electrons. The molecule has 0 atom stereocenters. The van der Waals surface area contributed by atoms with Gasteiger partial charge in [-0.3, -0.25) is 4.79 Å². The Morgan fingerprint density at radius 1 is 1.18 bits per heavy atom. The second-order valence-corrected chi connectivity index (χ2v) is 4.23. The lowest BCUT2D eigenvalue weighted by atomic mass is 9.79. The van der Waals surface area contributed by atoms with E-state index in [1.807, 2.05) is 0 Å². The third kappa shape index (κ3) is 2.48. The summed E-state index contributed by atoms with van der Waals surface area (Å²) < 4.78 is 49.8. The molecule has 92 valence electrons. The molecule has 2 rings (SSSR count). The number of ketones is 1. The number of hydrogen-bond donors (Lipinski definition) is 0. The lowest BCUT2D eigenvalue weighted by Crippen LogP contribution is -2.23. The van der Waals surface area contributed by atoms with Crippen molar-refractivity contribution < 1.29 is 22.4 Å². The number of benzene rings is 1. The fraction of sp³-hybridized carbons (Fsp3) is 0.417. The number of carbonyl (C=O) groups is 1. The second kappa shape index (κ2) is 4.13. The third-order valence-electron chi connectivity index (χ3n) is 3.02. The summed E-state index contributed by atoms with van der Waals surface area (Å²) in [6.45, 7) is 0. The van der Waals surface area contributed by atoms with E-state index in [0.29, 0.717) is 11.6 Å². The van der Waals surface area contributed by atoms with Crippen molar-refractivity contribution in [2.24, 2.45) is 0 Å². The minimum absolute atomic E-state index is 0.0884. The van der Waals surface area contributed by atoms with Crippen LogP contribution in [0, 0.1) is 5.82 Å². The molecule has 0 amide bonds. The predicted molar refractivity (Wildman–Crippen MR) is 53.4 cm³/mol. The van der Waals surface area contributed by atoms with Crippen molar-refractivity contribution in [2.45, 2.75) is 31.4 Å². The maximum absolute atomic E-state index is 13.2. The molecule has 1 saturated carbocycles. The normalized spacial score (nSPS) is 16.7. The predicted octanol–water partition coefficient (Wildman–Crippen LogP) is 3.84. The average Bonchev–Trinajstić information content (AvgIpc) is 2.11. The quantitative estimate of drug-likeness (QED) is 0.572. The van der Waals surface area contributed by atoms with E-state index < -0.39 is 23.3 Å². The molecule has 1 aliphatic carbocycles. The van der Waals surface area contributed by atoms with Gasteiger partial charge in [-0.15, -0.1) is 0 Å². The first-order chi connectivity index (χ1) is 7.88. The van der Waals surface area contributed by atoms with Crippen LogP contribution in [0.2, 0.25) is 0 Å². The third-order valence-corrected chi connectivity index (χ3v) is 3.02. The van der Waals surface area contributed by atoms with Crippen LogP contribution in [0.3, 0.4) is 0 Å². The van der Waals surface area contributed by atoms with Crippen LogP contribution in [0.5, 0.6) is 0 Å². The van der Waals surface area contributed by atoms with Crippen molar-refractivity contribution in [1.82, 2.24) is 0 Å². The Kier molecular flexibility index (Phi) is 2.93. The Balaban J connectivity index is 2.34. The van der Waals surface area contributed by atoms with Gasteiger partial charge in [0.25, 0.3) is 5.78 Å². The molecule has 0 unspecified atom stereocenters. The van der Waals surface area contributed by atoms with E-state index in [9.17, 15) is 22.4 Å². The van der Waals surface area contributed by atoms with Gasteiger partial charge in [-0.2, -0.15) is 13.2 Å². The zero-order chi connectivity index (χ0) is 12.6. The van der Waals surface area contributed by atoms with Crippen LogP contribution in [0.25, 0.3) is 0 Å². The lowest BCUT2D eigenvalue weighted by Gasteiger charge is -2.26. The van der Waals surface area contributed by atoms with E-state index in [1.54, 1.807) is 0 Å². The van der Waals surface area contributed by atoms with Crippen LogP contribution in [0.1, 0.15) is 41.1 Å². The number of hydrogen-bond acceptors (Lipinski definition) is 1. The summed E-state index contributed by atoms with van der Waals surface area (Å²) in [7, 11) is 0. The van der Waals surface area contributed by atoms with Crippen LogP contribution in [-0.4, -0.2) is 12.0 Å². The van der Waals surface area contributed by atoms with Crippen molar-refractivity contribution in [3.05, 3.63) is 35.1 Å². The van der Waals surface area contributed by atoms with E-state index in [2.05, 4.69) is 0 Å². The molecule has 1 nitrogen and oxygen atoms in total. The fourth-order valence-corrected chi connectivity index (χ4v) is 1.88.